The number of hydrogen-bond donors (Lipinski definition) is 2. The van der Waals surface area contributed by atoms with Crippen molar-refractivity contribution in [1.29, 1.82) is 0 Å². The minimum atomic E-state index is 0.719. The van der Waals surface area contributed by atoms with Gasteiger partial charge in [0.05, 0.1) is 0 Å². The Kier molecular flexibility index (Phi) is 5.01. The van der Waals surface area contributed by atoms with Gasteiger partial charge in [0.25, 0.3) is 0 Å². The lowest BCUT2D eigenvalue weighted by molar-refractivity contribution is 0.199. The van der Waals surface area contributed by atoms with Crippen LogP contribution in [-0.2, 0) is 6.54 Å². The average Bonchev–Trinajstić information content (AvgIpc) is 2.83. The number of rotatable bonds is 6. The average molecular weight is 236 g/mol. The maximum absolute atomic E-state index is 3.94. The van der Waals surface area contributed by atoms with Gasteiger partial charge >= 0.3 is 0 Å². The SMILES string of the molecule is CC(CNCc1ccn[nH]1)CN1CCCCC1. The number of nitrogens with zero attached hydrogens (tertiary/aromatic N) is 2. The lowest BCUT2D eigenvalue weighted by Crippen LogP contribution is -2.36. The fourth-order valence-electron chi connectivity index (χ4n) is 2.48. The molecule has 0 amide bonds. The summed E-state index contributed by atoms with van der Waals surface area (Å²) in [5.41, 5.74) is 1.16. The molecule has 0 aliphatic carbocycles. The minimum Gasteiger partial charge on any atom is -0.311 e. The molecule has 1 saturated heterocycles. The van der Waals surface area contributed by atoms with E-state index in [1.54, 1.807) is 6.20 Å². The Bertz CT molecular complexity index is 290. The molecule has 1 aliphatic heterocycles. The second kappa shape index (κ2) is 6.77. The summed E-state index contributed by atoms with van der Waals surface area (Å²) < 4.78 is 0. The topological polar surface area (TPSA) is 44.0 Å². The molecule has 0 saturated carbocycles. The summed E-state index contributed by atoms with van der Waals surface area (Å²) in [6.07, 6.45) is 5.99. The largest absolute Gasteiger partial charge is 0.311 e. The molecule has 1 aromatic heterocycles. The summed E-state index contributed by atoms with van der Waals surface area (Å²) in [5.74, 6) is 0.719. The summed E-state index contributed by atoms with van der Waals surface area (Å²) in [6, 6.07) is 2.02. The van der Waals surface area contributed by atoms with Crippen molar-refractivity contribution in [2.75, 3.05) is 26.2 Å². The highest BCUT2D eigenvalue weighted by molar-refractivity contribution is 4.96. The number of likely N-dealkylation sites (tertiary alicyclic amines) is 1. The van der Waals surface area contributed by atoms with Crippen LogP contribution in [0.1, 0.15) is 31.9 Å². The molecule has 1 fully saturated rings. The monoisotopic (exact) mass is 236 g/mol. The van der Waals surface area contributed by atoms with Crippen LogP contribution in [0.5, 0.6) is 0 Å². The normalized spacial score (nSPS) is 19.4. The Morgan fingerprint density at radius 1 is 1.41 bits per heavy atom. The van der Waals surface area contributed by atoms with Crippen molar-refractivity contribution in [3.8, 4) is 0 Å². The van der Waals surface area contributed by atoms with E-state index in [4.69, 9.17) is 0 Å². The quantitative estimate of drug-likeness (QED) is 0.789. The Hall–Kier alpha value is -0.870. The van der Waals surface area contributed by atoms with Crippen molar-refractivity contribution < 1.29 is 0 Å². The minimum absolute atomic E-state index is 0.719. The van der Waals surface area contributed by atoms with E-state index in [2.05, 4.69) is 27.3 Å². The van der Waals surface area contributed by atoms with Crippen LogP contribution in [0.4, 0.5) is 0 Å². The first-order valence-corrected chi connectivity index (χ1v) is 6.76. The van der Waals surface area contributed by atoms with Crippen molar-refractivity contribution in [2.24, 2.45) is 5.92 Å². The second-order valence-corrected chi connectivity index (χ2v) is 5.18. The van der Waals surface area contributed by atoms with Crippen LogP contribution in [0.15, 0.2) is 12.3 Å². The van der Waals surface area contributed by atoms with E-state index >= 15 is 0 Å². The molecular formula is C13H24N4. The number of hydrogen-bond acceptors (Lipinski definition) is 3. The van der Waals surface area contributed by atoms with Gasteiger partial charge in [-0.2, -0.15) is 5.10 Å². The van der Waals surface area contributed by atoms with E-state index < -0.39 is 0 Å². The van der Waals surface area contributed by atoms with Crippen molar-refractivity contribution in [3.05, 3.63) is 18.0 Å². The molecule has 0 radical (unpaired) electrons. The van der Waals surface area contributed by atoms with Crippen molar-refractivity contribution in [1.82, 2.24) is 20.4 Å². The van der Waals surface area contributed by atoms with Gasteiger partial charge < -0.3 is 10.2 Å². The molecule has 1 aliphatic rings. The van der Waals surface area contributed by atoms with E-state index in [-0.39, 0.29) is 0 Å². The number of aromatic amines is 1. The Morgan fingerprint density at radius 3 is 2.94 bits per heavy atom. The molecule has 0 aromatic carbocycles. The molecule has 1 aromatic rings. The molecular weight excluding hydrogens is 212 g/mol. The lowest BCUT2D eigenvalue weighted by atomic mass is 10.1. The highest BCUT2D eigenvalue weighted by Crippen LogP contribution is 2.10. The number of aromatic nitrogens is 2. The van der Waals surface area contributed by atoms with Gasteiger partial charge in [-0.1, -0.05) is 13.3 Å². The highest BCUT2D eigenvalue weighted by Gasteiger charge is 2.12. The summed E-state index contributed by atoms with van der Waals surface area (Å²) >= 11 is 0. The van der Waals surface area contributed by atoms with E-state index in [0.717, 1.165) is 24.7 Å². The van der Waals surface area contributed by atoms with Crippen LogP contribution in [0.2, 0.25) is 0 Å². The first-order chi connectivity index (χ1) is 8.34. The van der Waals surface area contributed by atoms with Crippen molar-refractivity contribution in [2.45, 2.75) is 32.7 Å². The van der Waals surface area contributed by atoms with Gasteiger partial charge in [-0.05, 0) is 44.5 Å². The Balaban J connectivity index is 1.58. The summed E-state index contributed by atoms with van der Waals surface area (Å²) in [6.45, 7) is 8.13. The smallest absolute Gasteiger partial charge is 0.0490 e. The summed E-state index contributed by atoms with van der Waals surface area (Å²) in [5, 5.41) is 10.4. The molecule has 2 heterocycles. The van der Waals surface area contributed by atoms with Gasteiger partial charge in [-0.25, -0.2) is 0 Å². The van der Waals surface area contributed by atoms with Crippen molar-refractivity contribution in [3.63, 3.8) is 0 Å². The molecule has 4 heteroatoms. The van der Waals surface area contributed by atoms with E-state index in [1.165, 1.54) is 38.9 Å². The molecule has 2 rings (SSSR count). The number of H-pyrrole nitrogens is 1. The Labute approximate surface area is 104 Å². The fourth-order valence-corrected chi connectivity index (χ4v) is 2.48. The molecule has 1 atom stereocenters. The van der Waals surface area contributed by atoms with Crippen molar-refractivity contribution >= 4 is 0 Å². The van der Waals surface area contributed by atoms with Crippen LogP contribution in [0.25, 0.3) is 0 Å². The third-order valence-corrected chi connectivity index (χ3v) is 3.39. The zero-order chi connectivity index (χ0) is 11.9. The molecule has 96 valence electrons. The van der Waals surface area contributed by atoms with Gasteiger partial charge in [0, 0.05) is 25.0 Å². The third-order valence-electron chi connectivity index (χ3n) is 3.39. The molecule has 4 nitrogen and oxygen atoms in total. The van der Waals surface area contributed by atoms with E-state index in [0.29, 0.717) is 0 Å². The van der Waals surface area contributed by atoms with Crippen LogP contribution >= 0.6 is 0 Å². The highest BCUT2D eigenvalue weighted by atomic mass is 15.1. The number of piperidine rings is 1. The fraction of sp³-hybridized carbons (Fsp3) is 0.769. The van der Waals surface area contributed by atoms with Crippen LogP contribution in [-0.4, -0.2) is 41.3 Å². The van der Waals surface area contributed by atoms with Crippen LogP contribution < -0.4 is 5.32 Å². The van der Waals surface area contributed by atoms with Gasteiger partial charge in [0.2, 0.25) is 0 Å². The maximum atomic E-state index is 3.94. The third kappa shape index (κ3) is 4.48. The molecule has 1 unspecified atom stereocenters. The lowest BCUT2D eigenvalue weighted by Gasteiger charge is -2.29. The first kappa shape index (κ1) is 12.6. The zero-order valence-electron chi connectivity index (χ0n) is 10.8. The standard InChI is InChI=1S/C13H24N4/c1-12(11-17-7-3-2-4-8-17)9-14-10-13-5-6-15-16-13/h5-6,12,14H,2-4,7-11H2,1H3,(H,15,16). The predicted molar refractivity (Wildman–Crippen MR) is 69.7 cm³/mol. The summed E-state index contributed by atoms with van der Waals surface area (Å²) in [7, 11) is 0. The van der Waals surface area contributed by atoms with Crippen LogP contribution in [0.3, 0.4) is 0 Å². The van der Waals surface area contributed by atoms with Gasteiger partial charge in [0.1, 0.15) is 0 Å². The second-order valence-electron chi connectivity index (χ2n) is 5.18. The first-order valence-electron chi connectivity index (χ1n) is 6.76. The zero-order valence-corrected chi connectivity index (χ0v) is 10.8. The van der Waals surface area contributed by atoms with Gasteiger partial charge in [-0.3, -0.25) is 5.10 Å². The Morgan fingerprint density at radius 2 is 2.24 bits per heavy atom. The molecule has 0 spiro atoms. The molecule has 2 N–H and O–H groups in total. The molecule has 0 bridgehead atoms. The van der Waals surface area contributed by atoms with E-state index in [9.17, 15) is 0 Å². The molecule has 17 heavy (non-hydrogen) atoms. The predicted octanol–water partition coefficient (Wildman–Crippen LogP) is 1.62. The van der Waals surface area contributed by atoms with Gasteiger partial charge in [0.15, 0.2) is 0 Å². The maximum Gasteiger partial charge on any atom is 0.0490 e. The summed E-state index contributed by atoms with van der Waals surface area (Å²) in [4.78, 5) is 2.60. The van der Waals surface area contributed by atoms with E-state index in [1.807, 2.05) is 6.07 Å². The number of nitrogens with one attached hydrogen (secondary N) is 2. The van der Waals surface area contributed by atoms with Crippen LogP contribution in [0, 0.1) is 5.92 Å². The van der Waals surface area contributed by atoms with Gasteiger partial charge in [-0.15, -0.1) is 0 Å².